The molecule has 0 unspecified atom stereocenters. The molecule has 15 aromatic rings. The van der Waals surface area contributed by atoms with Crippen LogP contribution < -0.4 is 4.90 Å². The lowest BCUT2D eigenvalue weighted by atomic mass is 9.99. The predicted molar refractivity (Wildman–Crippen MR) is 293 cm³/mol. The number of furan rings is 1. The van der Waals surface area contributed by atoms with Gasteiger partial charge in [0.25, 0.3) is 0 Å². The first kappa shape index (κ1) is 33.6. The highest BCUT2D eigenvalue weighted by Crippen LogP contribution is 2.44. The second-order valence-electron chi connectivity index (χ2n) is 17.7. The molecule has 322 valence electrons. The average molecular weight is 903 g/mol. The van der Waals surface area contributed by atoms with Crippen molar-refractivity contribution in [3.05, 3.63) is 236 Å². The lowest BCUT2D eigenvalue weighted by Crippen LogP contribution is -2.10. The van der Waals surface area contributed by atoms with Crippen molar-refractivity contribution in [2.75, 3.05) is 4.90 Å². The van der Waals surface area contributed by atoms with E-state index in [1.165, 1.54) is 42.0 Å². The van der Waals surface area contributed by atoms with Crippen molar-refractivity contribution in [3.8, 4) is 22.5 Å². The van der Waals surface area contributed by atoms with Crippen LogP contribution >= 0.6 is 11.3 Å². The van der Waals surface area contributed by atoms with Gasteiger partial charge in [0.15, 0.2) is 0 Å². The Labute approximate surface area is 407 Å². The van der Waals surface area contributed by atoms with E-state index in [0.29, 0.717) is 0 Å². The Morgan fingerprint density at radius 3 is 1.77 bits per heavy atom. The molecule has 0 N–H and O–H groups in total. The molecule has 0 fully saturated rings. The van der Waals surface area contributed by atoms with E-state index >= 15 is 0 Å². The first-order valence-corrected chi connectivity index (χ1v) is 23.9. The molecule has 0 atom stereocenters. The zero-order valence-corrected chi connectivity index (χ0v) is 37.6. The lowest BCUT2D eigenvalue weighted by Gasteiger charge is -2.26. The van der Waals surface area contributed by atoms with Crippen molar-refractivity contribution >= 4 is 125 Å². The summed E-state index contributed by atoms with van der Waals surface area (Å²) in [6, 6.07) is 70.9. The van der Waals surface area contributed by atoms with Crippen LogP contribution in [0.1, 0.15) is 6.85 Å². The fourth-order valence-electron chi connectivity index (χ4n) is 10.9. The zero-order valence-electron chi connectivity index (χ0n) is 41.8. The van der Waals surface area contributed by atoms with Crippen molar-refractivity contribution in [2.24, 2.45) is 0 Å². The molecule has 69 heavy (non-hydrogen) atoms. The highest BCUT2D eigenvalue weighted by Gasteiger charge is 2.20. The van der Waals surface area contributed by atoms with Gasteiger partial charge in [0, 0.05) is 80.9 Å². The van der Waals surface area contributed by atoms with Gasteiger partial charge >= 0.3 is 0 Å². The lowest BCUT2D eigenvalue weighted by molar-refractivity contribution is 0.669. The Hall–Kier alpha value is -8.90. The van der Waals surface area contributed by atoms with E-state index in [1.807, 2.05) is 46.2 Å². The Kier molecular flexibility index (Phi) is 7.20. The Bertz CT molecular complexity index is 4770. The molecule has 0 radical (unpaired) electrons. The largest absolute Gasteiger partial charge is 0.456 e. The highest BCUT2D eigenvalue weighted by molar-refractivity contribution is 7.25. The van der Waals surface area contributed by atoms with Gasteiger partial charge in [-0.05, 0) is 143 Å². The van der Waals surface area contributed by atoms with Crippen LogP contribution in [0, 0.1) is 0 Å². The first-order valence-electron chi connectivity index (χ1n) is 25.6. The van der Waals surface area contributed by atoms with Gasteiger partial charge in [0.2, 0.25) is 0 Å². The molecular formula is C64H39N3OS. The van der Waals surface area contributed by atoms with Gasteiger partial charge in [-0.3, -0.25) is 0 Å². The minimum Gasteiger partial charge on any atom is -0.456 e. The molecular weight excluding hydrogens is 859 g/mol. The summed E-state index contributed by atoms with van der Waals surface area (Å²) >= 11 is 1.81. The van der Waals surface area contributed by atoms with E-state index in [0.717, 1.165) is 88.4 Å². The molecule has 0 aliphatic rings. The van der Waals surface area contributed by atoms with E-state index < -0.39 is 6.04 Å². The third-order valence-electron chi connectivity index (χ3n) is 14.0. The fraction of sp³-hybridized carbons (Fsp3) is 0. The van der Waals surface area contributed by atoms with Gasteiger partial charge in [-0.2, -0.15) is 0 Å². The van der Waals surface area contributed by atoms with Gasteiger partial charge in [-0.15, -0.1) is 11.3 Å². The third kappa shape index (κ3) is 5.81. The van der Waals surface area contributed by atoms with Crippen molar-refractivity contribution in [3.63, 3.8) is 0 Å². The second kappa shape index (κ2) is 14.8. The molecule has 0 saturated carbocycles. The minimum atomic E-state index is -0.428. The first-order chi connectivity index (χ1) is 36.3. The van der Waals surface area contributed by atoms with Crippen molar-refractivity contribution in [1.82, 2.24) is 9.13 Å². The molecule has 4 nitrogen and oxygen atoms in total. The van der Waals surface area contributed by atoms with Crippen LogP contribution in [-0.4, -0.2) is 9.13 Å². The number of anilines is 3. The summed E-state index contributed by atoms with van der Waals surface area (Å²) in [5.41, 5.74) is 11.6. The maximum atomic E-state index is 9.15. The number of hydrogen-bond donors (Lipinski definition) is 0. The molecule has 0 aliphatic heterocycles. The molecule has 11 aromatic carbocycles. The third-order valence-corrected chi connectivity index (χ3v) is 15.1. The molecule has 0 bridgehead atoms. The molecule has 4 heterocycles. The highest BCUT2D eigenvalue weighted by atomic mass is 32.1. The number of nitrogens with zero attached hydrogens (tertiary/aromatic N) is 3. The molecule has 5 heteroatoms. The van der Waals surface area contributed by atoms with Crippen LogP contribution in [0.4, 0.5) is 17.1 Å². The van der Waals surface area contributed by atoms with Gasteiger partial charge in [-0.1, -0.05) is 115 Å². The predicted octanol–water partition coefficient (Wildman–Crippen LogP) is 18.4. The molecule has 0 saturated heterocycles. The van der Waals surface area contributed by atoms with Gasteiger partial charge in [0.1, 0.15) is 11.2 Å². The van der Waals surface area contributed by atoms with E-state index in [-0.39, 0.29) is 29.9 Å². The van der Waals surface area contributed by atoms with Gasteiger partial charge < -0.3 is 18.5 Å². The number of fused-ring (bicyclic) bond motifs is 14. The van der Waals surface area contributed by atoms with Crippen molar-refractivity contribution in [1.29, 1.82) is 0 Å². The quantitative estimate of drug-likeness (QED) is 0.166. The number of benzene rings is 11. The van der Waals surface area contributed by atoms with E-state index in [2.05, 4.69) is 185 Å². The average Bonchev–Trinajstić information content (AvgIpc) is 4.20. The van der Waals surface area contributed by atoms with Crippen molar-refractivity contribution < 1.29 is 11.3 Å². The Morgan fingerprint density at radius 2 is 0.986 bits per heavy atom. The molecule has 15 rings (SSSR count). The van der Waals surface area contributed by atoms with Crippen LogP contribution in [0.2, 0.25) is 0 Å². The number of rotatable bonds is 6. The van der Waals surface area contributed by atoms with E-state index in [1.54, 1.807) is 0 Å². The summed E-state index contributed by atoms with van der Waals surface area (Å²) < 4.78 is 57.1. The molecule has 0 spiro atoms. The molecule has 0 aliphatic carbocycles. The van der Waals surface area contributed by atoms with E-state index in [9.17, 15) is 0 Å². The number of aromatic nitrogens is 2. The van der Waals surface area contributed by atoms with Gasteiger partial charge in [-0.25, -0.2) is 0 Å². The summed E-state index contributed by atoms with van der Waals surface area (Å²) in [5.74, 6) is 0. The van der Waals surface area contributed by atoms with Crippen LogP contribution in [0.3, 0.4) is 0 Å². The topological polar surface area (TPSA) is 26.2 Å². The van der Waals surface area contributed by atoms with E-state index in [4.69, 9.17) is 11.3 Å². The maximum absolute atomic E-state index is 9.15. The SMILES string of the molecule is [2H]c1c([2H])c([2H])c(-n2c3ccc(-c4ccc(N(c5ccc(-n6c7ccccc7c7ccccc76)cc5)c5ccc6sc7ccccc7c6c5)cc4)cc3c3cc4ccc5oc6ccccc6c5c4cc32)c([2H])c1[2H]. The van der Waals surface area contributed by atoms with Crippen LogP contribution in [0.5, 0.6) is 0 Å². The standard InChI is InChI=1S/C64H39N3OS/c1-2-12-43(13-3-1)67-58-33-24-41(36-53(58)54-37-42-25-34-61-64(52(42)39-59(54)67)51-17-6-10-20-60(51)68-61)40-22-26-44(27-23-40)65(47-32-35-63-55(38-47)50-16-7-11-21-62(50)69-63)45-28-30-46(31-29-45)66-56-18-8-4-14-48(56)49-15-5-9-19-57(49)66/h1-39H/i1D,2D,3D,12D,13D. The number of thiophene rings is 1. The minimum absolute atomic E-state index is 0.105. The molecule has 4 aromatic heterocycles. The summed E-state index contributed by atoms with van der Waals surface area (Å²) in [4.78, 5) is 2.33. The summed E-state index contributed by atoms with van der Waals surface area (Å²) in [7, 11) is 0. The van der Waals surface area contributed by atoms with Crippen LogP contribution in [-0.2, 0) is 0 Å². The van der Waals surface area contributed by atoms with Crippen LogP contribution in [0.15, 0.2) is 241 Å². The maximum Gasteiger partial charge on any atom is 0.136 e. The Morgan fingerprint density at radius 1 is 0.377 bits per heavy atom. The summed E-state index contributed by atoms with van der Waals surface area (Å²) in [5, 5.41) is 10.6. The van der Waals surface area contributed by atoms with Crippen LogP contribution in [0.25, 0.3) is 119 Å². The zero-order chi connectivity index (χ0) is 49.5. The molecule has 0 amide bonds. The Balaban J connectivity index is 0.890. The normalized spacial score (nSPS) is 13.1. The second-order valence-corrected chi connectivity index (χ2v) is 18.8. The van der Waals surface area contributed by atoms with Gasteiger partial charge in [0.05, 0.1) is 28.9 Å². The number of para-hydroxylation sites is 4. The summed E-state index contributed by atoms with van der Waals surface area (Å²) in [6.07, 6.45) is 0. The number of hydrogen-bond acceptors (Lipinski definition) is 3. The smallest absolute Gasteiger partial charge is 0.136 e. The fourth-order valence-corrected chi connectivity index (χ4v) is 12.0. The summed E-state index contributed by atoms with van der Waals surface area (Å²) in [6.45, 7) is 0. The van der Waals surface area contributed by atoms with Crippen molar-refractivity contribution in [2.45, 2.75) is 0 Å². The monoisotopic (exact) mass is 902 g/mol.